The average Bonchev–Trinajstić information content (AvgIpc) is 2.47. The molecule has 0 bridgehead atoms. The maximum atomic E-state index is 11.1. The van der Waals surface area contributed by atoms with Crippen molar-refractivity contribution >= 4 is 5.91 Å². The molecule has 4 nitrogen and oxygen atoms in total. The molecule has 1 aliphatic heterocycles. The van der Waals surface area contributed by atoms with Crippen molar-refractivity contribution in [1.82, 2.24) is 10.6 Å². The second kappa shape index (κ2) is 4.07. The molecular formula is C8H13N3O. The summed E-state index contributed by atoms with van der Waals surface area (Å²) in [5.41, 5.74) is 0. The minimum atomic E-state index is -0.196. The molecule has 0 aromatic heterocycles. The van der Waals surface area contributed by atoms with Gasteiger partial charge in [-0.25, -0.2) is 0 Å². The van der Waals surface area contributed by atoms with Gasteiger partial charge in [-0.05, 0) is 19.9 Å². The summed E-state index contributed by atoms with van der Waals surface area (Å²) in [6, 6.07) is 1.91. The van der Waals surface area contributed by atoms with E-state index in [1.54, 1.807) is 7.05 Å². The highest BCUT2D eigenvalue weighted by molar-refractivity contribution is 5.80. The molecule has 0 radical (unpaired) electrons. The number of nitriles is 1. The first-order valence-corrected chi connectivity index (χ1v) is 4.12. The highest BCUT2D eigenvalue weighted by atomic mass is 16.2. The van der Waals surface area contributed by atoms with Crippen LogP contribution in [0.5, 0.6) is 0 Å². The average molecular weight is 167 g/mol. The Kier molecular flexibility index (Phi) is 3.06. The molecule has 0 aromatic carbocycles. The van der Waals surface area contributed by atoms with E-state index in [1.165, 1.54) is 0 Å². The van der Waals surface area contributed by atoms with E-state index in [9.17, 15) is 4.79 Å². The molecule has 1 heterocycles. The van der Waals surface area contributed by atoms with Crippen molar-refractivity contribution < 1.29 is 4.79 Å². The van der Waals surface area contributed by atoms with Crippen molar-refractivity contribution in [3.8, 4) is 6.07 Å². The van der Waals surface area contributed by atoms with Crippen molar-refractivity contribution in [2.45, 2.75) is 18.9 Å². The van der Waals surface area contributed by atoms with Gasteiger partial charge in [-0.15, -0.1) is 0 Å². The van der Waals surface area contributed by atoms with E-state index in [4.69, 9.17) is 5.26 Å². The molecule has 2 unspecified atom stereocenters. The summed E-state index contributed by atoms with van der Waals surface area (Å²) in [5, 5.41) is 14.2. The number of amides is 1. The molecule has 1 fully saturated rings. The number of hydrogen-bond acceptors (Lipinski definition) is 3. The lowest BCUT2D eigenvalue weighted by atomic mass is 9.99. The van der Waals surface area contributed by atoms with Crippen LogP contribution >= 0.6 is 0 Å². The zero-order valence-corrected chi connectivity index (χ0v) is 7.13. The Labute approximate surface area is 71.9 Å². The summed E-state index contributed by atoms with van der Waals surface area (Å²) >= 11 is 0. The fraction of sp³-hybridized carbons (Fsp3) is 0.750. The van der Waals surface area contributed by atoms with E-state index in [2.05, 4.69) is 16.7 Å². The minimum absolute atomic E-state index is 0.0297. The summed E-state index contributed by atoms with van der Waals surface area (Å²) in [7, 11) is 1.74. The van der Waals surface area contributed by atoms with Crippen LogP contribution in [-0.2, 0) is 4.79 Å². The number of hydrogen-bond donors (Lipinski definition) is 2. The van der Waals surface area contributed by atoms with Crippen LogP contribution in [0.3, 0.4) is 0 Å². The van der Waals surface area contributed by atoms with Crippen molar-refractivity contribution in [3.05, 3.63) is 0 Å². The molecule has 0 aromatic rings. The number of carbonyl (C=O) groups is 1. The molecule has 4 heteroatoms. The predicted molar refractivity (Wildman–Crippen MR) is 44.2 cm³/mol. The Morgan fingerprint density at radius 1 is 1.92 bits per heavy atom. The molecule has 2 N–H and O–H groups in total. The second-order valence-corrected chi connectivity index (χ2v) is 2.98. The van der Waals surface area contributed by atoms with Gasteiger partial charge in [0, 0.05) is 12.5 Å². The zero-order valence-electron chi connectivity index (χ0n) is 7.13. The molecule has 0 aliphatic carbocycles. The first kappa shape index (κ1) is 9.01. The Bertz CT molecular complexity index is 209. The molecule has 0 saturated carbocycles. The minimum Gasteiger partial charge on any atom is -0.356 e. The third-order valence-corrected chi connectivity index (χ3v) is 2.19. The van der Waals surface area contributed by atoms with Gasteiger partial charge in [-0.3, -0.25) is 4.79 Å². The van der Waals surface area contributed by atoms with Gasteiger partial charge in [0.1, 0.15) is 0 Å². The van der Waals surface area contributed by atoms with Crippen LogP contribution in [-0.4, -0.2) is 25.5 Å². The molecule has 1 saturated heterocycles. The van der Waals surface area contributed by atoms with Gasteiger partial charge in [0.2, 0.25) is 5.91 Å². The number of carbonyl (C=O) groups excluding carboxylic acids is 1. The standard InChI is InChI=1S/C8H13N3O/c1-10-7(5-9)4-6-2-3-11-8(6)12/h6-7,10H,2-4H2,1H3,(H,11,12). The van der Waals surface area contributed by atoms with Crippen molar-refractivity contribution in [2.24, 2.45) is 5.92 Å². The molecule has 1 amide bonds. The molecule has 66 valence electrons. The van der Waals surface area contributed by atoms with E-state index < -0.39 is 0 Å². The van der Waals surface area contributed by atoms with Crippen molar-refractivity contribution in [2.75, 3.05) is 13.6 Å². The van der Waals surface area contributed by atoms with Crippen LogP contribution in [0.4, 0.5) is 0 Å². The van der Waals surface area contributed by atoms with Crippen molar-refractivity contribution in [3.63, 3.8) is 0 Å². The van der Waals surface area contributed by atoms with Crippen LogP contribution in [0.25, 0.3) is 0 Å². The fourth-order valence-electron chi connectivity index (χ4n) is 1.39. The molecule has 1 rings (SSSR count). The van der Waals surface area contributed by atoms with E-state index in [0.29, 0.717) is 6.42 Å². The quantitative estimate of drug-likeness (QED) is 0.602. The summed E-state index contributed by atoms with van der Waals surface area (Å²) in [5.74, 6) is 0.118. The maximum absolute atomic E-state index is 11.1. The van der Waals surface area contributed by atoms with Gasteiger partial charge in [-0.2, -0.15) is 5.26 Å². The zero-order chi connectivity index (χ0) is 8.97. The van der Waals surface area contributed by atoms with Crippen LogP contribution in [0.1, 0.15) is 12.8 Å². The van der Waals surface area contributed by atoms with Gasteiger partial charge in [-0.1, -0.05) is 0 Å². The lowest BCUT2D eigenvalue weighted by Gasteiger charge is -2.10. The van der Waals surface area contributed by atoms with Gasteiger partial charge >= 0.3 is 0 Å². The highest BCUT2D eigenvalue weighted by Gasteiger charge is 2.26. The summed E-state index contributed by atoms with van der Waals surface area (Å²) in [4.78, 5) is 11.1. The SMILES string of the molecule is CNC(C#N)CC1CCNC1=O. The maximum Gasteiger partial charge on any atom is 0.223 e. The summed E-state index contributed by atoms with van der Waals surface area (Å²) < 4.78 is 0. The van der Waals surface area contributed by atoms with E-state index in [0.717, 1.165) is 13.0 Å². The molecule has 12 heavy (non-hydrogen) atoms. The Balaban J connectivity index is 2.40. The van der Waals surface area contributed by atoms with E-state index >= 15 is 0 Å². The first-order chi connectivity index (χ1) is 5.77. The molecule has 2 atom stereocenters. The lowest BCUT2D eigenvalue weighted by molar-refractivity contribution is -0.122. The predicted octanol–water partition coefficient (Wildman–Crippen LogP) is -0.376. The number of nitrogens with zero attached hydrogens (tertiary/aromatic N) is 1. The topological polar surface area (TPSA) is 64.9 Å². The second-order valence-electron chi connectivity index (χ2n) is 2.98. The van der Waals surface area contributed by atoms with Crippen LogP contribution in [0.15, 0.2) is 0 Å². The van der Waals surface area contributed by atoms with Crippen LogP contribution in [0, 0.1) is 17.2 Å². The highest BCUT2D eigenvalue weighted by Crippen LogP contribution is 2.15. The van der Waals surface area contributed by atoms with Crippen molar-refractivity contribution in [1.29, 1.82) is 5.26 Å². The summed E-state index contributed by atoms with van der Waals surface area (Å²) in [6.45, 7) is 0.755. The number of rotatable bonds is 3. The Morgan fingerprint density at radius 3 is 3.08 bits per heavy atom. The Hall–Kier alpha value is -1.08. The third-order valence-electron chi connectivity index (χ3n) is 2.19. The molecular weight excluding hydrogens is 154 g/mol. The molecule has 1 aliphatic rings. The monoisotopic (exact) mass is 167 g/mol. The van der Waals surface area contributed by atoms with Gasteiger partial charge in [0.05, 0.1) is 12.1 Å². The number of nitrogens with one attached hydrogen (secondary N) is 2. The summed E-state index contributed by atoms with van der Waals surface area (Å²) in [6.07, 6.45) is 1.48. The van der Waals surface area contributed by atoms with E-state index in [-0.39, 0.29) is 17.9 Å². The van der Waals surface area contributed by atoms with Crippen LogP contribution in [0.2, 0.25) is 0 Å². The lowest BCUT2D eigenvalue weighted by Crippen LogP contribution is -2.29. The van der Waals surface area contributed by atoms with E-state index in [1.807, 2.05) is 0 Å². The molecule has 0 spiro atoms. The first-order valence-electron chi connectivity index (χ1n) is 4.12. The van der Waals surface area contributed by atoms with Crippen LogP contribution < -0.4 is 10.6 Å². The normalized spacial score (nSPS) is 24.7. The van der Waals surface area contributed by atoms with Gasteiger partial charge in [0.15, 0.2) is 0 Å². The Morgan fingerprint density at radius 2 is 2.67 bits per heavy atom. The smallest absolute Gasteiger partial charge is 0.223 e. The third kappa shape index (κ3) is 1.95. The fourth-order valence-corrected chi connectivity index (χ4v) is 1.39. The van der Waals surface area contributed by atoms with Gasteiger partial charge in [0.25, 0.3) is 0 Å². The van der Waals surface area contributed by atoms with Gasteiger partial charge < -0.3 is 10.6 Å². The largest absolute Gasteiger partial charge is 0.356 e.